The van der Waals surface area contributed by atoms with Crippen molar-refractivity contribution in [2.24, 2.45) is 23.5 Å². The number of anilines is 1. The number of carbonyl (C=O) groups excluding carboxylic acids is 2. The van der Waals surface area contributed by atoms with Crippen LogP contribution >= 0.6 is 0 Å². The van der Waals surface area contributed by atoms with Crippen molar-refractivity contribution in [3.63, 3.8) is 0 Å². The van der Waals surface area contributed by atoms with Gasteiger partial charge in [0.05, 0.1) is 34.9 Å². The normalized spacial score (nSPS) is 21.5. The third kappa shape index (κ3) is 4.47. The number of aryl methyl sites for hydroxylation is 1. The van der Waals surface area contributed by atoms with E-state index in [1.54, 1.807) is 28.9 Å². The molecule has 0 aliphatic carbocycles. The zero-order chi connectivity index (χ0) is 24.6. The second-order valence-electron chi connectivity index (χ2n) is 8.94. The van der Waals surface area contributed by atoms with Gasteiger partial charge in [0.15, 0.2) is 0 Å². The van der Waals surface area contributed by atoms with Gasteiger partial charge in [-0.2, -0.15) is 18.4 Å². The second-order valence-corrected chi connectivity index (χ2v) is 8.94. The summed E-state index contributed by atoms with van der Waals surface area (Å²) in [7, 11) is 0. The highest BCUT2D eigenvalue weighted by Gasteiger charge is 2.43. The smallest absolute Gasteiger partial charge is 0.417 e. The summed E-state index contributed by atoms with van der Waals surface area (Å²) in [6, 6.07) is 6.83. The number of hydrogen-bond acceptors (Lipinski definition) is 5. The van der Waals surface area contributed by atoms with E-state index in [1.807, 2.05) is 0 Å². The fraction of sp³-hybridized carbons (Fsp3) is 0.458. The Morgan fingerprint density at radius 1 is 1.18 bits per heavy atom. The number of amides is 2. The molecule has 7 nitrogen and oxygen atoms in total. The van der Waals surface area contributed by atoms with Gasteiger partial charge in [-0.1, -0.05) is 0 Å². The number of alkyl halides is 3. The number of nitriles is 1. The maximum absolute atomic E-state index is 13.4. The molecule has 0 radical (unpaired) electrons. The number of nitrogens with zero attached hydrogens (tertiary/aromatic N) is 3. The lowest BCUT2D eigenvalue weighted by Crippen LogP contribution is -2.42. The number of piperidine rings is 1. The van der Waals surface area contributed by atoms with Crippen LogP contribution in [0, 0.1) is 36.0 Å². The van der Waals surface area contributed by atoms with Gasteiger partial charge in [0, 0.05) is 31.9 Å². The first-order valence-electron chi connectivity index (χ1n) is 11.1. The van der Waals surface area contributed by atoms with Gasteiger partial charge in [0.2, 0.25) is 5.91 Å². The molecule has 2 amide bonds. The van der Waals surface area contributed by atoms with Gasteiger partial charge in [-0.05, 0) is 55.9 Å². The predicted molar refractivity (Wildman–Crippen MR) is 117 cm³/mol. The lowest BCUT2D eigenvalue weighted by atomic mass is 9.78. The maximum Gasteiger partial charge on any atom is 0.417 e. The Hall–Kier alpha value is -3.48. The zero-order valence-electron chi connectivity index (χ0n) is 18.6. The van der Waals surface area contributed by atoms with Crippen LogP contribution in [0.1, 0.15) is 40.1 Å². The Labute approximate surface area is 194 Å². The number of carbonyl (C=O) groups is 2. The molecule has 1 aromatic heterocycles. The highest BCUT2D eigenvalue weighted by Crippen LogP contribution is 2.40. The van der Waals surface area contributed by atoms with Crippen molar-refractivity contribution in [1.82, 2.24) is 4.90 Å². The maximum atomic E-state index is 13.4. The van der Waals surface area contributed by atoms with E-state index in [-0.39, 0.29) is 24.3 Å². The van der Waals surface area contributed by atoms with Crippen molar-refractivity contribution in [3.8, 4) is 6.07 Å². The standard InChI is InChI=1S/C24H25F3N4O3/c1-14-18(6-9-34-14)23(33)30-7-4-15(5-8-30)19-12-31(13-20(19)22(29)32)17-3-2-16(11-28)21(10-17)24(25,26)27/h2-3,6,9-10,15,19-20H,4-5,7-8,12-13H2,1H3,(H2,29,32)/t19-,20+/m0/s1. The van der Waals surface area contributed by atoms with Crippen LogP contribution in [0.4, 0.5) is 18.9 Å². The first kappa shape index (κ1) is 23.7. The molecule has 2 atom stereocenters. The number of halogens is 3. The summed E-state index contributed by atoms with van der Waals surface area (Å²) in [4.78, 5) is 28.5. The molecule has 180 valence electrons. The van der Waals surface area contributed by atoms with Crippen LogP contribution in [0.2, 0.25) is 0 Å². The SMILES string of the molecule is Cc1occc1C(=O)N1CCC([C@@H]2CN(c3ccc(C#N)c(C(F)(F)F)c3)C[C@H]2C(N)=O)CC1. The van der Waals surface area contributed by atoms with Crippen LogP contribution in [-0.2, 0) is 11.0 Å². The molecule has 2 N–H and O–H groups in total. The van der Waals surface area contributed by atoms with E-state index < -0.39 is 29.1 Å². The molecule has 0 unspecified atom stereocenters. The quantitative estimate of drug-likeness (QED) is 0.730. The average molecular weight is 474 g/mol. The number of primary amides is 1. The third-order valence-electron chi connectivity index (χ3n) is 7.05. The van der Waals surface area contributed by atoms with E-state index in [4.69, 9.17) is 15.4 Å². The lowest BCUT2D eigenvalue weighted by Gasteiger charge is -2.36. The minimum Gasteiger partial charge on any atom is -0.469 e. The van der Waals surface area contributed by atoms with Gasteiger partial charge < -0.3 is 20.0 Å². The predicted octanol–water partition coefficient (Wildman–Crippen LogP) is 3.57. The molecular weight excluding hydrogens is 449 g/mol. The molecule has 4 rings (SSSR count). The van der Waals surface area contributed by atoms with Crippen LogP contribution in [0.15, 0.2) is 34.9 Å². The van der Waals surface area contributed by atoms with E-state index in [0.717, 1.165) is 12.1 Å². The average Bonchev–Trinajstić information content (AvgIpc) is 3.44. The van der Waals surface area contributed by atoms with Gasteiger partial charge in [0.25, 0.3) is 5.91 Å². The van der Waals surface area contributed by atoms with Crippen LogP contribution in [0.5, 0.6) is 0 Å². The number of hydrogen-bond donors (Lipinski definition) is 1. The molecule has 2 aromatic rings. The molecule has 2 aliphatic rings. The molecule has 2 saturated heterocycles. The molecule has 10 heteroatoms. The van der Waals surface area contributed by atoms with Crippen LogP contribution in [0.3, 0.4) is 0 Å². The largest absolute Gasteiger partial charge is 0.469 e. The van der Waals surface area contributed by atoms with Crippen LogP contribution in [0.25, 0.3) is 0 Å². The summed E-state index contributed by atoms with van der Waals surface area (Å²) in [5.74, 6) is -0.541. The van der Waals surface area contributed by atoms with E-state index >= 15 is 0 Å². The summed E-state index contributed by atoms with van der Waals surface area (Å²) < 4.78 is 45.5. The van der Waals surface area contributed by atoms with Gasteiger partial charge in [0.1, 0.15) is 5.76 Å². The molecule has 3 heterocycles. The monoisotopic (exact) mass is 474 g/mol. The molecule has 2 fully saturated rings. The Morgan fingerprint density at radius 2 is 1.88 bits per heavy atom. The van der Waals surface area contributed by atoms with E-state index in [2.05, 4.69) is 0 Å². The minimum absolute atomic E-state index is 0.0959. The Balaban J connectivity index is 1.49. The highest BCUT2D eigenvalue weighted by molar-refractivity contribution is 5.95. The zero-order valence-corrected chi connectivity index (χ0v) is 18.6. The van der Waals surface area contributed by atoms with Crippen molar-refractivity contribution in [2.45, 2.75) is 25.9 Å². The van der Waals surface area contributed by atoms with Crippen molar-refractivity contribution in [1.29, 1.82) is 5.26 Å². The molecule has 1 aromatic carbocycles. The second kappa shape index (κ2) is 9.05. The van der Waals surface area contributed by atoms with E-state index in [1.165, 1.54) is 12.3 Å². The minimum atomic E-state index is -4.66. The summed E-state index contributed by atoms with van der Waals surface area (Å²) in [6.45, 7) is 3.38. The molecule has 0 spiro atoms. The fourth-order valence-corrected chi connectivity index (χ4v) is 5.19. The summed E-state index contributed by atoms with van der Waals surface area (Å²) >= 11 is 0. The molecule has 34 heavy (non-hydrogen) atoms. The van der Waals surface area contributed by atoms with Crippen molar-refractivity contribution in [2.75, 3.05) is 31.1 Å². The van der Waals surface area contributed by atoms with Gasteiger partial charge in [-0.15, -0.1) is 0 Å². The van der Waals surface area contributed by atoms with E-state index in [0.29, 0.717) is 49.5 Å². The lowest BCUT2D eigenvalue weighted by molar-refractivity contribution is -0.137. The highest BCUT2D eigenvalue weighted by atomic mass is 19.4. The van der Waals surface area contributed by atoms with Gasteiger partial charge in [-0.3, -0.25) is 9.59 Å². The van der Waals surface area contributed by atoms with E-state index in [9.17, 15) is 22.8 Å². The topological polar surface area (TPSA) is 104 Å². The number of furan rings is 1. The van der Waals surface area contributed by atoms with Gasteiger partial charge >= 0.3 is 6.18 Å². The summed E-state index contributed by atoms with van der Waals surface area (Å²) in [5, 5.41) is 9.04. The molecule has 0 bridgehead atoms. The van der Waals surface area contributed by atoms with Crippen molar-refractivity contribution < 1.29 is 27.2 Å². The molecule has 0 saturated carbocycles. The number of benzene rings is 1. The Kier molecular flexibility index (Phi) is 6.30. The summed E-state index contributed by atoms with van der Waals surface area (Å²) in [6.07, 6.45) is -1.83. The van der Waals surface area contributed by atoms with Crippen LogP contribution < -0.4 is 10.6 Å². The molecular formula is C24H25F3N4O3. The first-order chi connectivity index (χ1) is 16.1. The summed E-state index contributed by atoms with van der Waals surface area (Å²) in [5.41, 5.74) is 5.08. The Bertz CT molecular complexity index is 1130. The number of likely N-dealkylation sites (tertiary alicyclic amines) is 1. The number of rotatable bonds is 4. The van der Waals surface area contributed by atoms with Crippen LogP contribution in [-0.4, -0.2) is 42.9 Å². The first-order valence-corrected chi connectivity index (χ1v) is 11.1. The third-order valence-corrected chi connectivity index (χ3v) is 7.05. The Morgan fingerprint density at radius 3 is 2.44 bits per heavy atom. The number of nitrogens with two attached hydrogens (primary N) is 1. The van der Waals surface area contributed by atoms with Crippen molar-refractivity contribution in [3.05, 3.63) is 53.0 Å². The molecule has 2 aliphatic heterocycles. The fourth-order valence-electron chi connectivity index (χ4n) is 5.19. The van der Waals surface area contributed by atoms with Crippen molar-refractivity contribution >= 4 is 17.5 Å². The van der Waals surface area contributed by atoms with Gasteiger partial charge in [-0.25, -0.2) is 0 Å².